The number of carbonyl (C=O) groups excluding carboxylic acids is 3. The summed E-state index contributed by atoms with van der Waals surface area (Å²) in [5.74, 6) is -0.163. The summed E-state index contributed by atoms with van der Waals surface area (Å²) in [7, 11) is 2.22. The maximum absolute atomic E-state index is 14.1. The number of likely N-dealkylation sites (N-methyl/N-ethyl adjacent to an activating group) is 1. The van der Waals surface area contributed by atoms with Crippen LogP contribution in [0.25, 0.3) is 0 Å². The van der Waals surface area contributed by atoms with Crippen molar-refractivity contribution in [2.24, 2.45) is 0 Å². The van der Waals surface area contributed by atoms with E-state index in [2.05, 4.69) is 22.2 Å². The Balaban J connectivity index is 0.990. The van der Waals surface area contributed by atoms with E-state index in [4.69, 9.17) is 22.1 Å². The number of piperazine rings is 1. The molecule has 4 fully saturated rings. The van der Waals surface area contributed by atoms with Gasteiger partial charge in [-0.05, 0) is 74.9 Å². The van der Waals surface area contributed by atoms with Crippen molar-refractivity contribution in [1.29, 1.82) is 0 Å². The van der Waals surface area contributed by atoms with E-state index in [0.29, 0.717) is 74.4 Å². The summed E-state index contributed by atoms with van der Waals surface area (Å²) in [6.07, 6.45) is 3.11. The predicted octanol–water partition coefficient (Wildman–Crippen LogP) is 4.17. The predicted molar refractivity (Wildman–Crippen MR) is 181 cm³/mol. The van der Waals surface area contributed by atoms with Gasteiger partial charge in [0.15, 0.2) is 6.10 Å². The van der Waals surface area contributed by atoms with E-state index >= 15 is 0 Å². The molecule has 2 aromatic carbocycles. The molecule has 4 saturated heterocycles. The number of aryl methyl sites for hydroxylation is 1. The number of benzene rings is 2. The molecule has 12 heteroatoms. The molecule has 7 rings (SSSR count). The Morgan fingerprint density at radius 2 is 1.68 bits per heavy atom. The number of carbonyl (C=O) groups is 3. The summed E-state index contributed by atoms with van der Waals surface area (Å²) in [4.78, 5) is 51.1. The zero-order valence-electron chi connectivity index (χ0n) is 27.4. The first kappa shape index (κ1) is 32.0. The third-order valence-electron chi connectivity index (χ3n) is 11.2. The molecule has 2 unspecified atom stereocenters. The maximum atomic E-state index is 14.1. The van der Waals surface area contributed by atoms with Crippen molar-refractivity contribution in [3.8, 4) is 0 Å². The van der Waals surface area contributed by atoms with Gasteiger partial charge in [0, 0.05) is 82.1 Å². The monoisotopic (exact) mass is 663 g/mol. The summed E-state index contributed by atoms with van der Waals surface area (Å²) in [5.41, 5.74) is 10.2. The highest BCUT2D eigenvalue weighted by atomic mass is 35.5. The van der Waals surface area contributed by atoms with Gasteiger partial charge in [0.2, 0.25) is 0 Å². The van der Waals surface area contributed by atoms with Crippen molar-refractivity contribution in [2.45, 2.75) is 82.3 Å². The van der Waals surface area contributed by atoms with E-state index in [1.54, 1.807) is 11.0 Å². The molecule has 0 spiro atoms. The van der Waals surface area contributed by atoms with E-state index in [1.807, 2.05) is 47.1 Å². The van der Waals surface area contributed by atoms with Crippen LogP contribution in [-0.4, -0.2) is 119 Å². The van der Waals surface area contributed by atoms with Crippen LogP contribution in [0.5, 0.6) is 0 Å². The molecule has 252 valence electrons. The first-order valence-electron chi connectivity index (χ1n) is 17.0. The number of anilines is 2. The largest absolute Gasteiger partial charge is 0.436 e. The Labute approximate surface area is 281 Å². The highest BCUT2D eigenvalue weighted by molar-refractivity contribution is 6.33. The number of nitrogen functional groups attached to an aromatic ring is 1. The molecule has 2 aromatic rings. The lowest BCUT2D eigenvalue weighted by Gasteiger charge is -2.42. The van der Waals surface area contributed by atoms with Crippen molar-refractivity contribution in [3.05, 3.63) is 58.1 Å². The third kappa shape index (κ3) is 6.49. The van der Waals surface area contributed by atoms with Crippen molar-refractivity contribution >= 4 is 41.0 Å². The molecule has 5 aliphatic rings. The number of piperidine rings is 2. The SMILES string of the molecule is Cc1cc(C[C@@H](OC(=O)N2CCC(N3Cc4ccccc4NC3=O)CC2)C(=O)N2CCC(N3CC4CC3CN4C)CC2)cc(Cl)c1N. The number of rotatable bonds is 6. The summed E-state index contributed by atoms with van der Waals surface area (Å²) >= 11 is 6.41. The number of halogens is 1. The normalized spacial score (nSPS) is 24.7. The van der Waals surface area contributed by atoms with Gasteiger partial charge in [0.25, 0.3) is 5.91 Å². The second-order valence-electron chi connectivity index (χ2n) is 14.1. The van der Waals surface area contributed by atoms with Gasteiger partial charge in [-0.15, -0.1) is 0 Å². The summed E-state index contributed by atoms with van der Waals surface area (Å²) in [6.45, 7) is 6.86. The number of urea groups is 1. The standard InChI is InChI=1S/C35H46ClN7O4/c1-22-15-23(16-29(36)32(22)37)17-31(33(44)40-11-7-25(8-12-40)42-21-27-18-28(42)20-39(27)2)47-35(46)41-13-9-26(10-14-41)43-19-24-5-3-4-6-30(24)38-34(43)45/h3-6,15-16,25-28,31H,7-14,17-21,37H2,1-2H3,(H,38,45)/t27?,28?,31-/m1/s1. The van der Waals surface area contributed by atoms with E-state index in [1.165, 1.54) is 6.42 Å². The molecule has 5 heterocycles. The smallest absolute Gasteiger partial charge is 0.410 e. The Bertz CT molecular complexity index is 1500. The molecular weight excluding hydrogens is 618 g/mol. The highest BCUT2D eigenvalue weighted by Crippen LogP contribution is 2.34. The lowest BCUT2D eigenvalue weighted by atomic mass is 9.99. The van der Waals surface area contributed by atoms with Gasteiger partial charge in [0.1, 0.15) is 0 Å². The minimum absolute atomic E-state index is 0.0113. The summed E-state index contributed by atoms with van der Waals surface area (Å²) in [5, 5.41) is 3.42. The number of likely N-dealkylation sites (tertiary alicyclic amines) is 4. The summed E-state index contributed by atoms with van der Waals surface area (Å²) in [6, 6.07) is 13.2. The molecule has 2 bridgehead atoms. The fraction of sp³-hybridized carbons (Fsp3) is 0.571. The Hall–Kier alpha value is -3.54. The first-order valence-corrected chi connectivity index (χ1v) is 17.4. The Morgan fingerprint density at radius 3 is 2.36 bits per heavy atom. The highest BCUT2D eigenvalue weighted by Gasteiger charge is 2.45. The average Bonchev–Trinajstić information content (AvgIpc) is 3.66. The number of nitrogens with one attached hydrogen (secondary N) is 1. The molecule has 4 amide bonds. The van der Waals surface area contributed by atoms with Gasteiger partial charge in [0.05, 0.1) is 10.7 Å². The zero-order chi connectivity index (χ0) is 32.8. The summed E-state index contributed by atoms with van der Waals surface area (Å²) < 4.78 is 6.06. The van der Waals surface area contributed by atoms with E-state index < -0.39 is 12.2 Å². The van der Waals surface area contributed by atoms with Crippen LogP contribution in [0, 0.1) is 6.92 Å². The lowest BCUT2D eigenvalue weighted by Crippen LogP contribution is -2.55. The number of amides is 4. The molecule has 3 atom stereocenters. The third-order valence-corrected chi connectivity index (χ3v) is 11.5. The zero-order valence-corrected chi connectivity index (χ0v) is 28.1. The van der Waals surface area contributed by atoms with Crippen molar-refractivity contribution in [1.82, 2.24) is 24.5 Å². The van der Waals surface area contributed by atoms with Crippen LogP contribution in [0.15, 0.2) is 36.4 Å². The van der Waals surface area contributed by atoms with Crippen molar-refractivity contribution < 1.29 is 19.1 Å². The van der Waals surface area contributed by atoms with Gasteiger partial charge >= 0.3 is 12.1 Å². The quantitative estimate of drug-likeness (QED) is 0.446. The molecule has 47 heavy (non-hydrogen) atoms. The van der Waals surface area contributed by atoms with Crippen LogP contribution in [0.2, 0.25) is 5.02 Å². The minimum Gasteiger partial charge on any atom is -0.436 e. The van der Waals surface area contributed by atoms with Gasteiger partial charge in [-0.1, -0.05) is 35.9 Å². The minimum atomic E-state index is -0.975. The van der Waals surface area contributed by atoms with Crippen LogP contribution >= 0.6 is 11.6 Å². The molecule has 3 N–H and O–H groups in total. The molecule has 5 aliphatic heterocycles. The van der Waals surface area contributed by atoms with Crippen molar-refractivity contribution in [2.75, 3.05) is 57.4 Å². The second-order valence-corrected chi connectivity index (χ2v) is 14.5. The first-order chi connectivity index (χ1) is 22.6. The molecule has 0 radical (unpaired) electrons. The molecule has 0 aliphatic carbocycles. The lowest BCUT2D eigenvalue weighted by molar-refractivity contribution is -0.142. The Morgan fingerprint density at radius 1 is 0.979 bits per heavy atom. The maximum Gasteiger partial charge on any atom is 0.410 e. The molecular formula is C35H46ClN7O4. The van der Waals surface area contributed by atoms with Gasteiger partial charge in [-0.2, -0.15) is 0 Å². The Kier molecular flexibility index (Phi) is 8.97. The van der Waals surface area contributed by atoms with Crippen LogP contribution in [0.1, 0.15) is 48.8 Å². The fourth-order valence-corrected chi connectivity index (χ4v) is 8.67. The number of hydrogen-bond acceptors (Lipinski definition) is 7. The average molecular weight is 664 g/mol. The van der Waals surface area contributed by atoms with E-state index in [9.17, 15) is 14.4 Å². The fourth-order valence-electron chi connectivity index (χ4n) is 8.38. The van der Waals surface area contributed by atoms with Crippen molar-refractivity contribution in [3.63, 3.8) is 0 Å². The topological polar surface area (TPSA) is 115 Å². The number of hydrogen-bond donors (Lipinski definition) is 2. The van der Waals surface area contributed by atoms with Crippen LogP contribution < -0.4 is 11.1 Å². The van der Waals surface area contributed by atoms with Crippen LogP contribution in [-0.2, 0) is 22.5 Å². The molecule has 0 saturated carbocycles. The van der Waals surface area contributed by atoms with Crippen LogP contribution in [0.3, 0.4) is 0 Å². The molecule has 0 aromatic heterocycles. The van der Waals surface area contributed by atoms with Gasteiger partial charge < -0.3 is 35.4 Å². The number of fused-ring (bicyclic) bond motifs is 3. The van der Waals surface area contributed by atoms with Gasteiger partial charge in [-0.3, -0.25) is 9.69 Å². The van der Waals surface area contributed by atoms with Crippen LogP contribution in [0.4, 0.5) is 21.0 Å². The van der Waals surface area contributed by atoms with E-state index in [0.717, 1.165) is 48.3 Å². The molecule has 11 nitrogen and oxygen atoms in total. The van der Waals surface area contributed by atoms with E-state index in [-0.39, 0.29) is 24.4 Å². The number of nitrogens with zero attached hydrogens (tertiary/aromatic N) is 5. The number of para-hydroxylation sites is 1. The number of ether oxygens (including phenoxy) is 1. The number of nitrogens with two attached hydrogens (primary N) is 1. The second kappa shape index (κ2) is 13.2. The van der Waals surface area contributed by atoms with Gasteiger partial charge in [-0.25, -0.2) is 9.59 Å².